The van der Waals surface area contributed by atoms with E-state index in [4.69, 9.17) is 4.98 Å². The molecule has 1 aromatic carbocycles. The van der Waals surface area contributed by atoms with Gasteiger partial charge in [0.1, 0.15) is 11.9 Å². The van der Waals surface area contributed by atoms with E-state index < -0.39 is 6.04 Å². The molecule has 28 heavy (non-hydrogen) atoms. The van der Waals surface area contributed by atoms with Gasteiger partial charge in [-0.15, -0.1) is 0 Å². The van der Waals surface area contributed by atoms with Gasteiger partial charge in [-0.25, -0.2) is 4.98 Å². The number of hydrogen-bond donors (Lipinski definition) is 2. The zero-order valence-corrected chi connectivity index (χ0v) is 17.0. The maximum absolute atomic E-state index is 12.7. The van der Waals surface area contributed by atoms with E-state index in [0.29, 0.717) is 0 Å². The van der Waals surface area contributed by atoms with Gasteiger partial charge < -0.3 is 15.2 Å². The molecule has 0 saturated heterocycles. The fraction of sp³-hybridized carbons (Fsp3) is 0.476. The summed E-state index contributed by atoms with van der Waals surface area (Å²) in [5.41, 5.74) is 2.90. The van der Waals surface area contributed by atoms with Crippen LogP contribution in [0.5, 0.6) is 0 Å². The lowest BCUT2D eigenvalue weighted by Crippen LogP contribution is -2.49. The number of likely N-dealkylation sites (N-methyl/N-ethyl adjacent to an activating group) is 2. The van der Waals surface area contributed by atoms with Crippen molar-refractivity contribution in [2.45, 2.75) is 39.4 Å². The third-order valence-corrected chi connectivity index (χ3v) is 5.15. The number of carbonyl (C=O) groups excluding carboxylic acids is 2. The highest BCUT2D eigenvalue weighted by Gasteiger charge is 2.27. The number of carbonyl (C=O) groups is 2. The molecule has 0 bridgehead atoms. The van der Waals surface area contributed by atoms with Gasteiger partial charge in [0.05, 0.1) is 17.8 Å². The molecule has 2 heterocycles. The molecule has 2 aromatic rings. The first-order valence-electron chi connectivity index (χ1n) is 9.74. The monoisotopic (exact) mass is 383 g/mol. The van der Waals surface area contributed by atoms with E-state index in [9.17, 15) is 9.59 Å². The van der Waals surface area contributed by atoms with Crippen LogP contribution >= 0.6 is 0 Å². The fourth-order valence-corrected chi connectivity index (χ4v) is 3.58. The summed E-state index contributed by atoms with van der Waals surface area (Å²) in [6.45, 7) is 6.38. The maximum atomic E-state index is 12.7. The number of nitrogens with one attached hydrogen (secondary N) is 2. The summed E-state index contributed by atoms with van der Waals surface area (Å²) < 4.78 is 2.22. The summed E-state index contributed by atoms with van der Waals surface area (Å²) in [6, 6.07) is 9.50. The number of fused-ring (bicyclic) bond motifs is 1. The van der Waals surface area contributed by atoms with Gasteiger partial charge >= 0.3 is 0 Å². The van der Waals surface area contributed by atoms with Gasteiger partial charge in [0.2, 0.25) is 11.8 Å². The molecule has 7 nitrogen and oxygen atoms in total. The topological polar surface area (TPSA) is 79.3 Å². The Bertz CT molecular complexity index is 844. The van der Waals surface area contributed by atoms with Crippen molar-refractivity contribution >= 4 is 11.8 Å². The van der Waals surface area contributed by atoms with Crippen molar-refractivity contribution < 1.29 is 9.59 Å². The molecule has 0 aliphatic carbocycles. The second-order valence-electron chi connectivity index (χ2n) is 7.66. The lowest BCUT2D eigenvalue weighted by Gasteiger charge is -2.26. The number of aromatic nitrogens is 2. The van der Waals surface area contributed by atoms with Crippen LogP contribution in [0.3, 0.4) is 0 Å². The summed E-state index contributed by atoms with van der Waals surface area (Å²) in [4.78, 5) is 31.8. The minimum absolute atomic E-state index is 0.00539. The van der Waals surface area contributed by atoms with Crippen LogP contribution in [0.25, 0.3) is 11.4 Å². The number of hydrogen-bond acceptors (Lipinski definition) is 4. The lowest BCUT2D eigenvalue weighted by molar-refractivity contribution is -0.129. The summed E-state index contributed by atoms with van der Waals surface area (Å²) in [5.74, 6) is 0.542. The Balaban J connectivity index is 1.86. The second-order valence-corrected chi connectivity index (χ2v) is 7.66. The van der Waals surface area contributed by atoms with E-state index in [0.717, 1.165) is 42.4 Å². The Labute approximate surface area is 166 Å². The van der Waals surface area contributed by atoms with Crippen LogP contribution in [-0.2, 0) is 29.1 Å². The highest BCUT2D eigenvalue weighted by molar-refractivity contribution is 5.88. The first-order valence-corrected chi connectivity index (χ1v) is 9.74. The van der Waals surface area contributed by atoms with E-state index >= 15 is 0 Å². The molecule has 7 heteroatoms. The van der Waals surface area contributed by atoms with Gasteiger partial charge in [-0.3, -0.25) is 14.5 Å². The van der Waals surface area contributed by atoms with Crippen LogP contribution in [0.15, 0.2) is 30.3 Å². The number of amides is 2. The second kappa shape index (κ2) is 8.56. The fourth-order valence-electron chi connectivity index (χ4n) is 3.58. The number of benzene rings is 1. The van der Waals surface area contributed by atoms with Crippen LogP contribution in [0.4, 0.5) is 0 Å². The van der Waals surface area contributed by atoms with E-state index in [-0.39, 0.29) is 24.2 Å². The minimum Gasteiger partial charge on any atom is -0.357 e. The molecule has 1 aromatic heterocycles. The van der Waals surface area contributed by atoms with E-state index in [2.05, 4.69) is 27.1 Å². The number of rotatable bonds is 6. The van der Waals surface area contributed by atoms with Crippen molar-refractivity contribution in [3.63, 3.8) is 0 Å². The van der Waals surface area contributed by atoms with Gasteiger partial charge in [0.25, 0.3) is 0 Å². The first-order chi connectivity index (χ1) is 13.4. The molecule has 0 saturated carbocycles. The van der Waals surface area contributed by atoms with Gasteiger partial charge in [0, 0.05) is 32.2 Å². The van der Waals surface area contributed by atoms with Crippen LogP contribution in [0, 0.1) is 5.92 Å². The largest absolute Gasteiger partial charge is 0.357 e. The number of nitrogens with zero attached hydrogens (tertiary/aromatic N) is 3. The Hall–Kier alpha value is -2.67. The molecule has 3 rings (SSSR count). The van der Waals surface area contributed by atoms with Crippen molar-refractivity contribution in [2.75, 3.05) is 20.6 Å². The van der Waals surface area contributed by atoms with Crippen molar-refractivity contribution in [3.05, 3.63) is 41.7 Å². The summed E-state index contributed by atoms with van der Waals surface area (Å²) in [5, 5.41) is 5.49. The van der Waals surface area contributed by atoms with E-state index in [1.807, 2.05) is 44.2 Å². The zero-order valence-electron chi connectivity index (χ0n) is 17.0. The van der Waals surface area contributed by atoms with Crippen LogP contribution in [-0.4, -0.2) is 52.9 Å². The maximum Gasteiger partial charge on any atom is 0.242 e. The molecule has 1 aliphatic rings. The molecular formula is C21H29N5O2. The Morgan fingerprint density at radius 2 is 1.89 bits per heavy atom. The average molecular weight is 383 g/mol. The summed E-state index contributed by atoms with van der Waals surface area (Å²) in [7, 11) is 3.65. The molecule has 0 unspecified atom stereocenters. The molecule has 0 spiro atoms. The highest BCUT2D eigenvalue weighted by atomic mass is 16.2. The third-order valence-electron chi connectivity index (χ3n) is 5.15. The Morgan fingerprint density at radius 1 is 1.18 bits per heavy atom. The van der Waals surface area contributed by atoms with E-state index in [1.165, 1.54) is 0 Å². The van der Waals surface area contributed by atoms with Crippen molar-refractivity contribution in [1.82, 2.24) is 25.1 Å². The van der Waals surface area contributed by atoms with Crippen molar-refractivity contribution in [2.24, 2.45) is 5.92 Å². The van der Waals surface area contributed by atoms with Crippen molar-refractivity contribution in [1.29, 1.82) is 0 Å². The molecule has 150 valence electrons. The minimum atomic E-state index is -0.549. The van der Waals surface area contributed by atoms with Gasteiger partial charge in [-0.05, 0) is 13.0 Å². The summed E-state index contributed by atoms with van der Waals surface area (Å²) in [6.07, 6.45) is 0.163. The van der Waals surface area contributed by atoms with E-state index in [1.54, 1.807) is 7.05 Å². The SMILES string of the molecule is CNC(=O)[C@@H](NC(=O)Cc1nc(-c2ccccc2)n2c1CN(C)CC2)C(C)C. The molecular weight excluding hydrogens is 354 g/mol. The van der Waals surface area contributed by atoms with Crippen molar-refractivity contribution in [3.8, 4) is 11.4 Å². The van der Waals surface area contributed by atoms with Gasteiger partial charge in [-0.1, -0.05) is 44.2 Å². The smallest absolute Gasteiger partial charge is 0.242 e. The Morgan fingerprint density at radius 3 is 2.54 bits per heavy atom. The van der Waals surface area contributed by atoms with Crippen LogP contribution in [0.2, 0.25) is 0 Å². The van der Waals surface area contributed by atoms with Crippen LogP contribution < -0.4 is 10.6 Å². The third kappa shape index (κ3) is 4.25. The molecule has 1 aliphatic heterocycles. The van der Waals surface area contributed by atoms with Gasteiger partial charge in [0.15, 0.2) is 0 Å². The predicted octanol–water partition coefficient (Wildman–Crippen LogP) is 1.42. The Kier molecular flexibility index (Phi) is 6.14. The zero-order chi connectivity index (χ0) is 20.3. The number of imidazole rings is 1. The molecule has 0 fully saturated rings. The van der Waals surface area contributed by atoms with Crippen LogP contribution in [0.1, 0.15) is 25.2 Å². The quantitative estimate of drug-likeness (QED) is 0.791. The highest BCUT2D eigenvalue weighted by Crippen LogP contribution is 2.26. The average Bonchev–Trinajstić information content (AvgIpc) is 3.03. The normalized spacial score (nSPS) is 15.2. The van der Waals surface area contributed by atoms with Gasteiger partial charge in [-0.2, -0.15) is 0 Å². The summed E-state index contributed by atoms with van der Waals surface area (Å²) >= 11 is 0. The molecule has 1 atom stereocenters. The first kappa shape index (κ1) is 20.1. The molecule has 0 radical (unpaired) electrons. The predicted molar refractivity (Wildman–Crippen MR) is 109 cm³/mol. The standard InChI is InChI=1S/C21H29N5O2/c1-14(2)19(21(28)22-3)24-18(27)12-16-17-13-25(4)10-11-26(17)20(23-16)15-8-6-5-7-9-15/h5-9,14,19H,10-13H2,1-4H3,(H,22,28)(H,24,27)/t19-/m0/s1. The molecule has 2 N–H and O–H groups in total. The molecule has 2 amide bonds. The lowest BCUT2D eigenvalue weighted by atomic mass is 10.0.